The first-order valence-corrected chi connectivity index (χ1v) is 9.85. The monoisotopic (exact) mass is 477 g/mol. The Labute approximate surface area is 181 Å². The van der Waals surface area contributed by atoms with Gasteiger partial charge in [-0.05, 0) is 24.3 Å². The summed E-state index contributed by atoms with van der Waals surface area (Å²) in [6, 6.07) is 6.36. The van der Waals surface area contributed by atoms with Crippen molar-refractivity contribution in [2.24, 2.45) is 0 Å². The number of carbonyl (C=O) groups is 1. The Bertz CT molecular complexity index is 638. The number of aliphatic carboxylic acids is 1. The third kappa shape index (κ3) is 6.14. The van der Waals surface area contributed by atoms with Gasteiger partial charge in [0.25, 0.3) is 0 Å². The van der Waals surface area contributed by atoms with Crippen LogP contribution in [0.2, 0.25) is 0 Å². The van der Waals surface area contributed by atoms with Crippen LogP contribution in [0.3, 0.4) is 0 Å². The summed E-state index contributed by atoms with van der Waals surface area (Å²) in [6.45, 7) is 0.544. The number of rotatable bonds is 8. The predicted molar refractivity (Wildman–Crippen MR) is 105 cm³/mol. The SMILES string of the molecule is O=C(O)[C@H]1O[C@@H](Oc2ccc(N(CC(Cl)Cl)CC(Cl)Cl)cc2)[C@H](O)[C@@H](O)[C@@H]1O. The normalized spacial score (nSPS) is 27.8. The Hall–Kier alpha value is -0.710. The van der Waals surface area contributed by atoms with Gasteiger partial charge in [-0.2, -0.15) is 0 Å². The first-order valence-electron chi connectivity index (χ1n) is 8.10. The Morgan fingerprint density at radius 1 is 1.00 bits per heavy atom. The van der Waals surface area contributed by atoms with E-state index in [-0.39, 0.29) is 18.8 Å². The summed E-state index contributed by atoms with van der Waals surface area (Å²) in [4.78, 5) is 11.5. The number of alkyl halides is 4. The number of carboxylic acid groups (broad SMARTS) is 1. The number of hydrogen-bond donors (Lipinski definition) is 4. The number of aliphatic hydroxyl groups excluding tert-OH is 3. The fourth-order valence-electron chi connectivity index (χ4n) is 2.64. The third-order valence-electron chi connectivity index (χ3n) is 3.98. The van der Waals surface area contributed by atoms with Crippen LogP contribution in [0.4, 0.5) is 5.69 Å². The van der Waals surface area contributed by atoms with Crippen LogP contribution in [-0.4, -0.2) is 79.9 Å². The highest BCUT2D eigenvalue weighted by Crippen LogP contribution is 2.27. The van der Waals surface area contributed by atoms with Gasteiger partial charge in [0, 0.05) is 18.8 Å². The number of ether oxygens (including phenoxy) is 2. The first kappa shape index (κ1) is 23.6. The maximum Gasteiger partial charge on any atom is 0.335 e. The highest BCUT2D eigenvalue weighted by Gasteiger charge is 2.48. The van der Waals surface area contributed by atoms with E-state index in [4.69, 9.17) is 61.0 Å². The van der Waals surface area contributed by atoms with Gasteiger partial charge >= 0.3 is 5.97 Å². The minimum absolute atomic E-state index is 0.224. The minimum Gasteiger partial charge on any atom is -0.479 e. The topological polar surface area (TPSA) is 120 Å². The van der Waals surface area contributed by atoms with Gasteiger partial charge in [-0.25, -0.2) is 4.79 Å². The molecule has 1 aliphatic heterocycles. The molecule has 0 aliphatic carbocycles. The lowest BCUT2D eigenvalue weighted by molar-refractivity contribution is -0.271. The molecule has 0 radical (unpaired) electrons. The molecule has 12 heteroatoms. The van der Waals surface area contributed by atoms with Crippen molar-refractivity contribution in [1.82, 2.24) is 0 Å². The minimum atomic E-state index is -1.79. The fraction of sp³-hybridized carbons (Fsp3) is 0.562. The molecule has 0 amide bonds. The smallest absolute Gasteiger partial charge is 0.335 e. The second-order valence-electron chi connectivity index (χ2n) is 6.03. The molecule has 5 atom stereocenters. The van der Waals surface area contributed by atoms with Gasteiger partial charge in [0.1, 0.15) is 33.7 Å². The molecule has 1 heterocycles. The van der Waals surface area contributed by atoms with Crippen molar-refractivity contribution < 1.29 is 34.7 Å². The zero-order valence-corrected chi connectivity index (χ0v) is 17.3. The average Bonchev–Trinajstić information content (AvgIpc) is 2.61. The summed E-state index contributed by atoms with van der Waals surface area (Å²) in [6.07, 6.45) is -8.42. The number of carboxylic acids is 1. The van der Waals surface area contributed by atoms with Crippen LogP contribution in [0, 0.1) is 0 Å². The van der Waals surface area contributed by atoms with Crippen molar-refractivity contribution >= 4 is 58.1 Å². The maximum atomic E-state index is 11.1. The molecule has 158 valence electrons. The standard InChI is InChI=1S/C16H19Cl4NO7/c17-9(18)5-21(6-10(19)20)7-1-3-8(4-2-7)27-16-13(24)11(22)12(23)14(28-16)15(25)26/h1-4,9-14,16,22-24H,5-6H2,(H,25,26)/t11-,12-,13+,14-,16+/m0/s1. The van der Waals surface area contributed by atoms with Crippen LogP contribution in [0.1, 0.15) is 0 Å². The number of halogens is 4. The second kappa shape index (κ2) is 10.4. The van der Waals surface area contributed by atoms with Gasteiger partial charge in [0.05, 0.1) is 0 Å². The highest BCUT2D eigenvalue weighted by atomic mass is 35.5. The van der Waals surface area contributed by atoms with Crippen LogP contribution in [0.5, 0.6) is 5.75 Å². The van der Waals surface area contributed by atoms with E-state index in [1.54, 1.807) is 17.0 Å². The fourth-order valence-corrected chi connectivity index (χ4v) is 3.30. The van der Waals surface area contributed by atoms with Gasteiger partial charge in [-0.1, -0.05) is 0 Å². The quantitative estimate of drug-likeness (QED) is 0.413. The molecular formula is C16H19Cl4NO7. The molecule has 0 spiro atoms. The molecule has 1 saturated heterocycles. The van der Waals surface area contributed by atoms with E-state index in [9.17, 15) is 20.1 Å². The van der Waals surface area contributed by atoms with Crippen molar-refractivity contribution in [1.29, 1.82) is 0 Å². The van der Waals surface area contributed by atoms with Crippen molar-refractivity contribution in [3.8, 4) is 5.75 Å². The molecular weight excluding hydrogens is 460 g/mol. The Balaban J connectivity index is 2.11. The highest BCUT2D eigenvalue weighted by molar-refractivity contribution is 6.45. The molecule has 28 heavy (non-hydrogen) atoms. The molecule has 4 N–H and O–H groups in total. The van der Waals surface area contributed by atoms with Crippen LogP contribution in [0.25, 0.3) is 0 Å². The Morgan fingerprint density at radius 3 is 2.00 bits per heavy atom. The molecule has 1 aliphatic rings. The van der Waals surface area contributed by atoms with Crippen molar-refractivity contribution in [3.05, 3.63) is 24.3 Å². The molecule has 1 aromatic carbocycles. The van der Waals surface area contributed by atoms with Gasteiger partial charge in [-0.3, -0.25) is 0 Å². The van der Waals surface area contributed by atoms with Crippen LogP contribution in [-0.2, 0) is 9.53 Å². The number of aliphatic hydroxyl groups is 3. The maximum absolute atomic E-state index is 11.1. The van der Waals surface area contributed by atoms with Crippen molar-refractivity contribution in [3.63, 3.8) is 0 Å². The second-order valence-corrected chi connectivity index (χ2v) is 8.59. The lowest BCUT2D eigenvalue weighted by atomic mass is 9.99. The van der Waals surface area contributed by atoms with Gasteiger partial charge in [-0.15, -0.1) is 46.4 Å². The summed E-state index contributed by atoms with van der Waals surface area (Å²) in [5, 5.41) is 38.5. The van der Waals surface area contributed by atoms with E-state index in [0.717, 1.165) is 0 Å². The molecule has 0 aromatic heterocycles. The molecule has 0 unspecified atom stereocenters. The summed E-state index contributed by atoms with van der Waals surface area (Å²) in [7, 11) is 0. The predicted octanol–water partition coefficient (Wildman–Crippen LogP) is 1.37. The van der Waals surface area contributed by atoms with Crippen LogP contribution in [0.15, 0.2) is 24.3 Å². The Kier molecular flexibility index (Phi) is 8.72. The van der Waals surface area contributed by atoms with E-state index in [2.05, 4.69) is 0 Å². The van der Waals surface area contributed by atoms with Gasteiger partial charge < -0.3 is 34.8 Å². The van der Waals surface area contributed by atoms with Gasteiger partial charge in [0.2, 0.25) is 6.29 Å². The van der Waals surface area contributed by atoms with E-state index >= 15 is 0 Å². The van der Waals surface area contributed by atoms with Crippen LogP contribution >= 0.6 is 46.4 Å². The van der Waals surface area contributed by atoms with Crippen LogP contribution < -0.4 is 9.64 Å². The third-order valence-corrected chi connectivity index (χ3v) is 4.54. The molecule has 1 aromatic rings. The van der Waals surface area contributed by atoms with E-state index in [1.165, 1.54) is 12.1 Å². The summed E-state index contributed by atoms with van der Waals surface area (Å²) < 4.78 is 10.5. The van der Waals surface area contributed by atoms with E-state index < -0.39 is 46.3 Å². The summed E-state index contributed by atoms with van der Waals surface area (Å²) >= 11 is 23.3. The molecule has 0 bridgehead atoms. The number of anilines is 1. The lowest BCUT2D eigenvalue weighted by Gasteiger charge is -2.38. The number of hydrogen-bond acceptors (Lipinski definition) is 7. The molecule has 0 saturated carbocycles. The summed E-state index contributed by atoms with van der Waals surface area (Å²) in [5.74, 6) is -1.27. The number of nitrogens with zero attached hydrogens (tertiary/aromatic N) is 1. The van der Waals surface area contributed by atoms with Gasteiger partial charge in [0.15, 0.2) is 6.10 Å². The average molecular weight is 479 g/mol. The molecule has 8 nitrogen and oxygen atoms in total. The van der Waals surface area contributed by atoms with Crippen molar-refractivity contribution in [2.75, 3.05) is 18.0 Å². The largest absolute Gasteiger partial charge is 0.479 e. The zero-order chi connectivity index (χ0) is 21.0. The Morgan fingerprint density at radius 2 is 1.54 bits per heavy atom. The first-order chi connectivity index (χ1) is 13.1. The number of benzene rings is 1. The lowest BCUT2D eigenvalue weighted by Crippen LogP contribution is -2.61. The molecule has 1 fully saturated rings. The van der Waals surface area contributed by atoms with E-state index in [0.29, 0.717) is 5.69 Å². The molecule has 2 rings (SSSR count). The van der Waals surface area contributed by atoms with Crippen molar-refractivity contribution in [2.45, 2.75) is 40.4 Å². The van der Waals surface area contributed by atoms with E-state index in [1.807, 2.05) is 0 Å². The summed E-state index contributed by atoms with van der Waals surface area (Å²) in [5.41, 5.74) is 0.689. The zero-order valence-electron chi connectivity index (χ0n) is 14.2.